The zero-order valence-electron chi connectivity index (χ0n) is 14.3. The molecule has 1 saturated carbocycles. The highest BCUT2D eigenvalue weighted by Crippen LogP contribution is 2.28. The quantitative estimate of drug-likeness (QED) is 0.366. The Balaban J connectivity index is 1.59. The molecule has 0 saturated heterocycles. The molecule has 0 radical (unpaired) electrons. The Kier molecular flexibility index (Phi) is 9.06. The first-order chi connectivity index (χ1) is 11.8. The molecule has 1 fully saturated rings. The van der Waals surface area contributed by atoms with Gasteiger partial charge in [-0.25, -0.2) is 0 Å². The summed E-state index contributed by atoms with van der Waals surface area (Å²) >= 11 is 7.49. The summed E-state index contributed by atoms with van der Waals surface area (Å²) in [5.41, 5.74) is 0.936. The minimum Gasteiger partial charge on any atom is -0.489 e. The summed E-state index contributed by atoms with van der Waals surface area (Å²) in [4.78, 5) is 0. The maximum Gasteiger partial charge on any atom is 0.170 e. The number of thiocarbonyl (C=S) groups is 1. The number of hydrogen-bond acceptors (Lipinski definition) is 3. The summed E-state index contributed by atoms with van der Waals surface area (Å²) in [5, 5.41) is 8.04. The van der Waals surface area contributed by atoms with Gasteiger partial charge in [0.25, 0.3) is 0 Å². The van der Waals surface area contributed by atoms with E-state index < -0.39 is 0 Å². The van der Waals surface area contributed by atoms with E-state index in [1.165, 1.54) is 37.9 Å². The number of rotatable bonds is 9. The zero-order valence-corrected chi connectivity index (χ0v) is 15.9. The van der Waals surface area contributed by atoms with Crippen LogP contribution < -0.4 is 15.4 Å². The second-order valence-electron chi connectivity index (χ2n) is 5.99. The third-order valence-electron chi connectivity index (χ3n) is 3.97. The molecular formula is C19H28N2OS2. The van der Waals surface area contributed by atoms with Crippen molar-refractivity contribution in [2.45, 2.75) is 43.8 Å². The molecule has 5 heteroatoms. The van der Waals surface area contributed by atoms with E-state index >= 15 is 0 Å². The normalized spacial score (nSPS) is 14.8. The van der Waals surface area contributed by atoms with Crippen LogP contribution in [0.1, 0.15) is 38.5 Å². The largest absolute Gasteiger partial charge is 0.489 e. The van der Waals surface area contributed by atoms with Crippen LogP contribution in [-0.4, -0.2) is 29.3 Å². The lowest BCUT2D eigenvalue weighted by atomic mass is 10.0. The number of ether oxygens (including phenoxy) is 1. The van der Waals surface area contributed by atoms with Gasteiger partial charge in [0.15, 0.2) is 5.11 Å². The Morgan fingerprint density at radius 2 is 2.17 bits per heavy atom. The van der Waals surface area contributed by atoms with Crippen molar-refractivity contribution < 1.29 is 4.74 Å². The van der Waals surface area contributed by atoms with Crippen LogP contribution >= 0.6 is 24.0 Å². The van der Waals surface area contributed by atoms with Crippen molar-refractivity contribution in [2.75, 3.05) is 24.2 Å². The lowest BCUT2D eigenvalue weighted by Crippen LogP contribution is -2.29. The molecule has 1 aliphatic rings. The Hall–Kier alpha value is -1.20. The Labute approximate surface area is 155 Å². The van der Waals surface area contributed by atoms with Gasteiger partial charge >= 0.3 is 0 Å². The summed E-state index contributed by atoms with van der Waals surface area (Å²) in [5.74, 6) is 2.03. The minimum absolute atomic E-state index is 0.505. The van der Waals surface area contributed by atoms with Gasteiger partial charge in [0.05, 0.1) is 0 Å². The predicted octanol–water partition coefficient (Wildman–Crippen LogP) is 4.99. The number of hydrogen-bond donors (Lipinski definition) is 2. The van der Waals surface area contributed by atoms with E-state index in [4.69, 9.17) is 17.0 Å². The standard InChI is InChI=1S/C19H28N2OS2/c1-2-13-22-17-9-6-8-16(15-17)21-19(23)20-12-7-14-24-18-10-4-3-5-11-18/h2,6,8-9,15,18H,1,3-5,7,10-14H2,(H2,20,21,23). The first kappa shape index (κ1) is 19.1. The first-order valence-corrected chi connectivity index (χ1v) is 10.2. The van der Waals surface area contributed by atoms with Crippen LogP contribution in [0.4, 0.5) is 5.69 Å². The van der Waals surface area contributed by atoms with Gasteiger partial charge in [0.2, 0.25) is 0 Å². The second kappa shape index (κ2) is 11.4. The number of nitrogens with one attached hydrogen (secondary N) is 2. The maximum absolute atomic E-state index is 5.52. The zero-order chi connectivity index (χ0) is 17.0. The Bertz CT molecular complexity index is 516. The molecule has 24 heavy (non-hydrogen) atoms. The fourth-order valence-corrected chi connectivity index (χ4v) is 4.28. The smallest absolute Gasteiger partial charge is 0.170 e. The van der Waals surface area contributed by atoms with Crippen LogP contribution in [0.3, 0.4) is 0 Å². The van der Waals surface area contributed by atoms with Crippen molar-refractivity contribution in [2.24, 2.45) is 0 Å². The van der Waals surface area contributed by atoms with Crippen LogP contribution in [0.2, 0.25) is 0 Å². The van der Waals surface area contributed by atoms with Gasteiger partial charge in [-0.15, -0.1) is 0 Å². The van der Waals surface area contributed by atoms with Gasteiger partial charge in [-0.1, -0.05) is 38.0 Å². The molecule has 0 heterocycles. The van der Waals surface area contributed by atoms with Crippen molar-refractivity contribution in [3.8, 4) is 5.75 Å². The third-order valence-corrected chi connectivity index (χ3v) is 5.69. The molecule has 1 aromatic rings. The van der Waals surface area contributed by atoms with E-state index in [1.807, 2.05) is 24.3 Å². The lowest BCUT2D eigenvalue weighted by Gasteiger charge is -2.20. The van der Waals surface area contributed by atoms with Gasteiger partial charge in [-0.3, -0.25) is 0 Å². The first-order valence-electron chi connectivity index (χ1n) is 8.78. The lowest BCUT2D eigenvalue weighted by molar-refractivity contribution is 0.363. The summed E-state index contributed by atoms with van der Waals surface area (Å²) in [6.45, 7) is 5.07. The second-order valence-corrected chi connectivity index (χ2v) is 7.81. The molecule has 0 spiro atoms. The fraction of sp³-hybridized carbons (Fsp3) is 0.526. The third kappa shape index (κ3) is 7.58. The summed E-state index contributed by atoms with van der Waals surface area (Å²) < 4.78 is 5.52. The molecule has 0 atom stereocenters. The van der Waals surface area contributed by atoms with Crippen molar-refractivity contribution in [1.82, 2.24) is 5.32 Å². The number of thioether (sulfide) groups is 1. The van der Waals surface area contributed by atoms with Crippen LogP contribution in [0.25, 0.3) is 0 Å². The van der Waals surface area contributed by atoms with Crippen molar-refractivity contribution >= 4 is 34.8 Å². The van der Waals surface area contributed by atoms with Crippen LogP contribution in [0.5, 0.6) is 5.75 Å². The summed E-state index contributed by atoms with van der Waals surface area (Å²) in [7, 11) is 0. The van der Waals surface area contributed by atoms with E-state index in [0.717, 1.165) is 29.7 Å². The van der Waals surface area contributed by atoms with E-state index in [2.05, 4.69) is 29.0 Å². The van der Waals surface area contributed by atoms with Crippen LogP contribution in [0.15, 0.2) is 36.9 Å². The van der Waals surface area contributed by atoms with E-state index in [0.29, 0.717) is 11.7 Å². The highest BCUT2D eigenvalue weighted by Gasteiger charge is 2.12. The topological polar surface area (TPSA) is 33.3 Å². The van der Waals surface area contributed by atoms with Gasteiger partial charge in [0.1, 0.15) is 12.4 Å². The van der Waals surface area contributed by atoms with Gasteiger partial charge in [-0.2, -0.15) is 11.8 Å². The fourth-order valence-electron chi connectivity index (χ4n) is 2.75. The van der Waals surface area contributed by atoms with Gasteiger partial charge in [-0.05, 0) is 49.4 Å². The average Bonchev–Trinajstić information content (AvgIpc) is 2.61. The minimum atomic E-state index is 0.505. The molecule has 0 bridgehead atoms. The number of anilines is 1. The van der Waals surface area contributed by atoms with Crippen LogP contribution in [-0.2, 0) is 0 Å². The number of benzene rings is 1. The summed E-state index contributed by atoms with van der Waals surface area (Å²) in [6.07, 6.45) is 9.95. The molecule has 1 aromatic carbocycles. The van der Waals surface area contributed by atoms with E-state index in [9.17, 15) is 0 Å². The molecule has 132 valence electrons. The molecule has 2 N–H and O–H groups in total. The van der Waals surface area contributed by atoms with Crippen molar-refractivity contribution in [1.29, 1.82) is 0 Å². The maximum atomic E-state index is 5.52. The molecular weight excluding hydrogens is 336 g/mol. The molecule has 2 rings (SSSR count). The summed E-state index contributed by atoms with van der Waals surface area (Å²) in [6, 6.07) is 7.79. The van der Waals surface area contributed by atoms with Crippen molar-refractivity contribution in [3.63, 3.8) is 0 Å². The van der Waals surface area contributed by atoms with Crippen molar-refractivity contribution in [3.05, 3.63) is 36.9 Å². The molecule has 0 aromatic heterocycles. The highest BCUT2D eigenvalue weighted by molar-refractivity contribution is 7.99. The monoisotopic (exact) mass is 364 g/mol. The molecule has 0 unspecified atom stereocenters. The molecule has 0 amide bonds. The Morgan fingerprint density at radius 3 is 2.96 bits per heavy atom. The van der Waals surface area contributed by atoms with Gasteiger partial charge < -0.3 is 15.4 Å². The molecule has 0 aliphatic heterocycles. The molecule has 3 nitrogen and oxygen atoms in total. The molecule has 1 aliphatic carbocycles. The SMILES string of the molecule is C=CCOc1cccc(NC(=S)NCCCSC2CCCCC2)c1. The highest BCUT2D eigenvalue weighted by atomic mass is 32.2. The predicted molar refractivity (Wildman–Crippen MR) is 110 cm³/mol. The van der Waals surface area contributed by atoms with Gasteiger partial charge in [0, 0.05) is 23.5 Å². The van der Waals surface area contributed by atoms with E-state index in [-0.39, 0.29) is 0 Å². The Morgan fingerprint density at radius 1 is 1.33 bits per heavy atom. The average molecular weight is 365 g/mol. The van der Waals surface area contributed by atoms with Crippen LogP contribution in [0, 0.1) is 0 Å². The van der Waals surface area contributed by atoms with E-state index in [1.54, 1.807) is 6.08 Å².